The van der Waals surface area contributed by atoms with Gasteiger partial charge in [-0.1, -0.05) is 26.2 Å². The molecule has 0 unspecified atom stereocenters. The van der Waals surface area contributed by atoms with Gasteiger partial charge in [0.15, 0.2) is 0 Å². The Hall–Kier alpha value is -1.30. The third kappa shape index (κ3) is 5.06. The zero-order valence-corrected chi connectivity index (χ0v) is 11.6. The van der Waals surface area contributed by atoms with Crippen molar-refractivity contribution in [2.45, 2.75) is 51.0 Å². The van der Waals surface area contributed by atoms with Gasteiger partial charge >= 0.3 is 12.0 Å². The van der Waals surface area contributed by atoms with Gasteiger partial charge in [0.1, 0.15) is 5.54 Å². The summed E-state index contributed by atoms with van der Waals surface area (Å²) >= 11 is 0. The summed E-state index contributed by atoms with van der Waals surface area (Å²) in [7, 11) is 0. The molecule has 2 amide bonds. The molecule has 1 aliphatic rings. The minimum absolute atomic E-state index is 0.374. The maximum atomic E-state index is 11.7. The number of aliphatic carboxylic acids is 1. The smallest absolute Gasteiger partial charge is 0.329 e. The van der Waals surface area contributed by atoms with Gasteiger partial charge < -0.3 is 21.1 Å². The van der Waals surface area contributed by atoms with Crippen molar-refractivity contribution in [3.05, 3.63) is 0 Å². The number of carboxylic acid groups (broad SMARTS) is 1. The van der Waals surface area contributed by atoms with Gasteiger partial charge in [-0.3, -0.25) is 0 Å². The van der Waals surface area contributed by atoms with Crippen LogP contribution in [-0.2, 0) is 4.79 Å². The average molecular weight is 271 g/mol. The van der Waals surface area contributed by atoms with Crippen LogP contribution in [0.2, 0.25) is 0 Å². The van der Waals surface area contributed by atoms with E-state index in [1.165, 1.54) is 0 Å². The van der Waals surface area contributed by atoms with Crippen LogP contribution < -0.4 is 16.0 Å². The molecule has 1 aliphatic carbocycles. The van der Waals surface area contributed by atoms with E-state index < -0.39 is 11.5 Å². The van der Waals surface area contributed by atoms with Gasteiger partial charge in [0.05, 0.1) is 0 Å². The van der Waals surface area contributed by atoms with Crippen LogP contribution in [0.1, 0.15) is 45.4 Å². The van der Waals surface area contributed by atoms with Crippen molar-refractivity contribution in [3.63, 3.8) is 0 Å². The van der Waals surface area contributed by atoms with Crippen molar-refractivity contribution >= 4 is 12.0 Å². The second-order valence-corrected chi connectivity index (χ2v) is 5.04. The summed E-state index contributed by atoms with van der Waals surface area (Å²) in [5.41, 5.74) is -1.07. The molecule has 1 fully saturated rings. The summed E-state index contributed by atoms with van der Waals surface area (Å²) in [6.07, 6.45) is 4.63. The molecule has 0 bridgehead atoms. The van der Waals surface area contributed by atoms with E-state index in [0.717, 1.165) is 38.8 Å². The molecule has 0 radical (unpaired) electrons. The van der Waals surface area contributed by atoms with Crippen molar-refractivity contribution < 1.29 is 14.7 Å². The number of carboxylic acids is 1. The molecule has 0 heterocycles. The Balaban J connectivity index is 2.33. The van der Waals surface area contributed by atoms with E-state index in [2.05, 4.69) is 16.0 Å². The average Bonchev–Trinajstić information content (AvgIpc) is 2.39. The van der Waals surface area contributed by atoms with Gasteiger partial charge in [0.25, 0.3) is 0 Å². The van der Waals surface area contributed by atoms with E-state index in [0.29, 0.717) is 19.4 Å². The molecular weight excluding hydrogens is 246 g/mol. The first-order chi connectivity index (χ1) is 9.10. The van der Waals surface area contributed by atoms with Crippen molar-refractivity contribution in [2.75, 3.05) is 19.6 Å². The van der Waals surface area contributed by atoms with Crippen molar-refractivity contribution in [3.8, 4) is 0 Å². The van der Waals surface area contributed by atoms with Crippen LogP contribution in [0.25, 0.3) is 0 Å². The predicted octanol–water partition coefficient (Wildman–Crippen LogP) is 1.07. The monoisotopic (exact) mass is 271 g/mol. The molecule has 1 saturated carbocycles. The summed E-state index contributed by atoms with van der Waals surface area (Å²) in [6, 6.07) is -0.374. The molecule has 0 aromatic rings. The zero-order valence-electron chi connectivity index (χ0n) is 11.6. The van der Waals surface area contributed by atoms with Crippen molar-refractivity contribution in [2.24, 2.45) is 0 Å². The van der Waals surface area contributed by atoms with E-state index in [4.69, 9.17) is 0 Å². The number of urea groups is 1. The second-order valence-electron chi connectivity index (χ2n) is 5.04. The normalized spacial score (nSPS) is 17.7. The van der Waals surface area contributed by atoms with Crippen LogP contribution in [0.5, 0.6) is 0 Å². The first kappa shape index (κ1) is 15.8. The molecule has 0 saturated heterocycles. The quantitative estimate of drug-likeness (QED) is 0.521. The number of hydrogen-bond acceptors (Lipinski definition) is 3. The first-order valence-electron chi connectivity index (χ1n) is 7.11. The van der Waals surface area contributed by atoms with Crippen LogP contribution in [0.3, 0.4) is 0 Å². The highest BCUT2D eigenvalue weighted by Gasteiger charge is 2.40. The Morgan fingerprint density at radius 3 is 2.42 bits per heavy atom. The first-order valence-corrected chi connectivity index (χ1v) is 7.11. The summed E-state index contributed by atoms with van der Waals surface area (Å²) in [4.78, 5) is 23.1. The van der Waals surface area contributed by atoms with E-state index in [1.54, 1.807) is 0 Å². The lowest BCUT2D eigenvalue weighted by Gasteiger charge is -2.33. The Morgan fingerprint density at radius 2 is 1.84 bits per heavy atom. The molecule has 0 atom stereocenters. The summed E-state index contributed by atoms with van der Waals surface area (Å²) < 4.78 is 0. The highest BCUT2D eigenvalue weighted by Crippen LogP contribution is 2.28. The molecule has 4 N–H and O–H groups in total. The van der Waals surface area contributed by atoms with Gasteiger partial charge in [-0.2, -0.15) is 0 Å². The summed E-state index contributed by atoms with van der Waals surface area (Å²) in [5.74, 6) is -0.921. The minimum Gasteiger partial charge on any atom is -0.480 e. The lowest BCUT2D eigenvalue weighted by molar-refractivity contribution is -0.145. The topological polar surface area (TPSA) is 90.5 Å². The van der Waals surface area contributed by atoms with E-state index >= 15 is 0 Å². The molecule has 0 aliphatic heterocycles. The summed E-state index contributed by atoms with van der Waals surface area (Å²) in [5, 5.41) is 17.9. The molecule has 19 heavy (non-hydrogen) atoms. The SMILES string of the molecule is CCNCCCNC(=O)NC1(C(=O)O)CCCCC1. The van der Waals surface area contributed by atoms with Crippen LogP contribution >= 0.6 is 0 Å². The van der Waals surface area contributed by atoms with Gasteiger partial charge in [0.2, 0.25) is 0 Å². The minimum atomic E-state index is -1.07. The van der Waals surface area contributed by atoms with E-state index in [1.807, 2.05) is 6.92 Å². The highest BCUT2D eigenvalue weighted by molar-refractivity contribution is 5.86. The molecule has 0 aromatic heterocycles. The van der Waals surface area contributed by atoms with Crippen molar-refractivity contribution in [1.29, 1.82) is 0 Å². The molecule has 1 rings (SSSR count). The third-order valence-electron chi connectivity index (χ3n) is 3.54. The van der Waals surface area contributed by atoms with Crippen LogP contribution in [0.4, 0.5) is 4.79 Å². The van der Waals surface area contributed by atoms with E-state index in [-0.39, 0.29) is 6.03 Å². The Morgan fingerprint density at radius 1 is 1.16 bits per heavy atom. The molecule has 110 valence electrons. The Labute approximate surface area is 114 Å². The number of nitrogens with one attached hydrogen (secondary N) is 3. The number of carbonyl (C=O) groups is 2. The second kappa shape index (κ2) is 7.99. The Bertz CT molecular complexity index is 302. The standard InChI is InChI=1S/C13H25N3O3/c1-2-14-9-6-10-15-12(19)16-13(11(17)18)7-4-3-5-8-13/h14H,2-10H2,1H3,(H,17,18)(H2,15,16,19). The van der Waals surface area contributed by atoms with Crippen LogP contribution in [-0.4, -0.2) is 42.3 Å². The lowest BCUT2D eigenvalue weighted by Crippen LogP contribution is -2.58. The molecular formula is C13H25N3O3. The van der Waals surface area contributed by atoms with Gasteiger partial charge in [-0.25, -0.2) is 9.59 Å². The molecule has 0 aromatic carbocycles. The fourth-order valence-electron chi connectivity index (χ4n) is 2.40. The highest BCUT2D eigenvalue weighted by atomic mass is 16.4. The predicted molar refractivity (Wildman–Crippen MR) is 73.1 cm³/mol. The maximum absolute atomic E-state index is 11.7. The largest absolute Gasteiger partial charge is 0.480 e. The van der Waals surface area contributed by atoms with Crippen molar-refractivity contribution in [1.82, 2.24) is 16.0 Å². The number of amides is 2. The van der Waals surface area contributed by atoms with Gasteiger partial charge in [-0.15, -0.1) is 0 Å². The number of rotatable bonds is 7. The van der Waals surface area contributed by atoms with Crippen LogP contribution in [0.15, 0.2) is 0 Å². The maximum Gasteiger partial charge on any atom is 0.329 e. The Kier molecular flexibility index (Phi) is 6.62. The lowest BCUT2D eigenvalue weighted by atomic mass is 9.82. The molecule has 6 heteroatoms. The summed E-state index contributed by atoms with van der Waals surface area (Å²) in [6.45, 7) is 4.34. The van der Waals surface area contributed by atoms with Crippen LogP contribution in [0, 0.1) is 0 Å². The fourth-order valence-corrected chi connectivity index (χ4v) is 2.40. The fraction of sp³-hybridized carbons (Fsp3) is 0.846. The third-order valence-corrected chi connectivity index (χ3v) is 3.54. The van der Waals surface area contributed by atoms with E-state index in [9.17, 15) is 14.7 Å². The number of carbonyl (C=O) groups excluding carboxylic acids is 1. The zero-order chi connectivity index (χ0) is 14.1. The number of hydrogen-bond donors (Lipinski definition) is 4. The van der Waals surface area contributed by atoms with Gasteiger partial charge in [0, 0.05) is 6.54 Å². The molecule has 6 nitrogen and oxygen atoms in total. The molecule has 0 spiro atoms. The van der Waals surface area contributed by atoms with Gasteiger partial charge in [-0.05, 0) is 32.4 Å².